The van der Waals surface area contributed by atoms with Gasteiger partial charge >= 0.3 is 0 Å². The van der Waals surface area contributed by atoms with E-state index >= 15 is 0 Å². The van der Waals surface area contributed by atoms with Gasteiger partial charge in [0.1, 0.15) is 5.82 Å². The first-order chi connectivity index (χ1) is 11.0. The number of aromatic nitrogens is 2. The fourth-order valence-corrected chi connectivity index (χ4v) is 3.25. The molecule has 0 atom stereocenters. The van der Waals surface area contributed by atoms with Gasteiger partial charge < -0.3 is 5.32 Å². The molecular weight excluding hydrogens is 313 g/mol. The maximum absolute atomic E-state index is 13.0. The summed E-state index contributed by atoms with van der Waals surface area (Å²) in [7, 11) is 0. The van der Waals surface area contributed by atoms with Gasteiger partial charge in [0.05, 0.1) is 10.6 Å². The molecule has 0 aliphatic carbocycles. The lowest BCUT2D eigenvalue weighted by Gasteiger charge is -2.03. The third-order valence-corrected chi connectivity index (χ3v) is 4.80. The summed E-state index contributed by atoms with van der Waals surface area (Å²) >= 11 is 1.39. The largest absolute Gasteiger partial charge is 0.347 e. The number of thiophene rings is 1. The van der Waals surface area contributed by atoms with Crippen molar-refractivity contribution in [3.05, 3.63) is 64.0 Å². The van der Waals surface area contributed by atoms with Crippen molar-refractivity contribution in [3.8, 4) is 10.4 Å². The van der Waals surface area contributed by atoms with E-state index in [1.54, 1.807) is 18.2 Å². The van der Waals surface area contributed by atoms with Crippen LogP contribution in [0.15, 0.2) is 36.4 Å². The molecule has 0 fully saturated rings. The SMILES string of the molecule is Cc1n[nH]c(C)c1CNC(=O)c1ccc(-c2ccc(F)cc2)s1. The maximum atomic E-state index is 13.0. The Hall–Kier alpha value is -2.47. The van der Waals surface area contributed by atoms with Crippen LogP contribution in [0.5, 0.6) is 0 Å². The van der Waals surface area contributed by atoms with Crippen molar-refractivity contribution < 1.29 is 9.18 Å². The van der Waals surface area contributed by atoms with Crippen molar-refractivity contribution in [3.63, 3.8) is 0 Å². The van der Waals surface area contributed by atoms with Crippen molar-refractivity contribution in [1.29, 1.82) is 0 Å². The molecule has 0 unspecified atom stereocenters. The Kier molecular flexibility index (Phi) is 4.25. The summed E-state index contributed by atoms with van der Waals surface area (Å²) in [6.45, 7) is 4.28. The highest BCUT2D eigenvalue weighted by Gasteiger charge is 2.12. The number of benzene rings is 1. The zero-order valence-corrected chi connectivity index (χ0v) is 13.6. The highest BCUT2D eigenvalue weighted by atomic mass is 32.1. The summed E-state index contributed by atoms with van der Waals surface area (Å²) in [5, 5.41) is 9.92. The number of hydrogen-bond acceptors (Lipinski definition) is 3. The van der Waals surface area contributed by atoms with Gasteiger partial charge in [-0.1, -0.05) is 12.1 Å². The third-order valence-electron chi connectivity index (χ3n) is 3.66. The quantitative estimate of drug-likeness (QED) is 0.764. The maximum Gasteiger partial charge on any atom is 0.261 e. The molecule has 1 amide bonds. The zero-order chi connectivity index (χ0) is 16.4. The average Bonchev–Trinajstić information content (AvgIpc) is 3.14. The van der Waals surface area contributed by atoms with E-state index in [4.69, 9.17) is 0 Å². The second-order valence-corrected chi connectivity index (χ2v) is 6.35. The van der Waals surface area contributed by atoms with Crippen molar-refractivity contribution in [1.82, 2.24) is 15.5 Å². The number of H-pyrrole nitrogens is 1. The Morgan fingerprint density at radius 2 is 1.96 bits per heavy atom. The fraction of sp³-hybridized carbons (Fsp3) is 0.176. The lowest BCUT2D eigenvalue weighted by atomic mass is 10.2. The number of nitrogens with zero attached hydrogens (tertiary/aromatic N) is 1. The van der Waals surface area contributed by atoms with Crippen molar-refractivity contribution >= 4 is 17.2 Å². The highest BCUT2D eigenvalue weighted by Crippen LogP contribution is 2.28. The number of aryl methyl sites for hydroxylation is 2. The minimum absolute atomic E-state index is 0.122. The van der Waals surface area contributed by atoms with Gasteiger partial charge in [-0.2, -0.15) is 5.10 Å². The summed E-state index contributed by atoms with van der Waals surface area (Å²) < 4.78 is 13.0. The van der Waals surface area contributed by atoms with Crippen LogP contribution in [0.2, 0.25) is 0 Å². The number of rotatable bonds is 4. The monoisotopic (exact) mass is 329 g/mol. The lowest BCUT2D eigenvalue weighted by molar-refractivity contribution is 0.0955. The molecule has 23 heavy (non-hydrogen) atoms. The Morgan fingerprint density at radius 1 is 1.22 bits per heavy atom. The molecule has 0 bridgehead atoms. The topological polar surface area (TPSA) is 57.8 Å². The smallest absolute Gasteiger partial charge is 0.261 e. The molecule has 118 valence electrons. The van der Waals surface area contributed by atoms with E-state index in [-0.39, 0.29) is 11.7 Å². The van der Waals surface area contributed by atoms with E-state index in [0.717, 1.165) is 27.4 Å². The number of hydrogen-bond donors (Lipinski definition) is 2. The Bertz CT molecular complexity index is 816. The van der Waals surface area contributed by atoms with Crippen LogP contribution in [0.3, 0.4) is 0 Å². The lowest BCUT2D eigenvalue weighted by Crippen LogP contribution is -2.22. The molecule has 0 aliphatic heterocycles. The molecule has 4 nitrogen and oxygen atoms in total. The van der Waals surface area contributed by atoms with E-state index in [1.807, 2.05) is 19.9 Å². The minimum Gasteiger partial charge on any atom is -0.347 e. The summed E-state index contributed by atoms with van der Waals surface area (Å²) in [4.78, 5) is 13.8. The molecule has 0 spiro atoms. The summed E-state index contributed by atoms with van der Waals surface area (Å²) in [6, 6.07) is 9.91. The number of carbonyl (C=O) groups is 1. The first-order valence-corrected chi connectivity index (χ1v) is 8.00. The molecule has 1 aromatic carbocycles. The summed E-state index contributed by atoms with van der Waals surface area (Å²) in [5.41, 5.74) is 3.76. The van der Waals surface area contributed by atoms with E-state index in [1.165, 1.54) is 23.5 Å². The van der Waals surface area contributed by atoms with Gasteiger partial charge in [-0.05, 0) is 43.7 Å². The number of aromatic amines is 1. The molecule has 0 aliphatic rings. The van der Waals surface area contributed by atoms with Gasteiger partial charge in [0.2, 0.25) is 0 Å². The number of amides is 1. The second kappa shape index (κ2) is 6.34. The summed E-state index contributed by atoms with van der Waals surface area (Å²) in [6.07, 6.45) is 0. The number of carbonyl (C=O) groups excluding carboxylic acids is 1. The predicted molar refractivity (Wildman–Crippen MR) is 88.9 cm³/mol. The van der Waals surface area contributed by atoms with Crippen LogP contribution in [0.1, 0.15) is 26.6 Å². The van der Waals surface area contributed by atoms with Crippen LogP contribution < -0.4 is 5.32 Å². The molecule has 3 rings (SSSR count). The molecule has 2 N–H and O–H groups in total. The molecule has 6 heteroatoms. The van der Waals surface area contributed by atoms with Gasteiger partial charge in [-0.25, -0.2) is 4.39 Å². The fourth-order valence-electron chi connectivity index (χ4n) is 2.32. The third kappa shape index (κ3) is 3.32. The van der Waals surface area contributed by atoms with Crippen molar-refractivity contribution in [2.24, 2.45) is 0 Å². The Balaban J connectivity index is 1.70. The number of halogens is 1. The van der Waals surface area contributed by atoms with Crippen LogP contribution in [-0.2, 0) is 6.54 Å². The molecule has 0 saturated heterocycles. The molecule has 3 aromatic rings. The van der Waals surface area contributed by atoms with Crippen LogP contribution in [0.4, 0.5) is 4.39 Å². The van der Waals surface area contributed by atoms with Gasteiger partial charge in [0.15, 0.2) is 0 Å². The first-order valence-electron chi connectivity index (χ1n) is 7.19. The van der Waals surface area contributed by atoms with Gasteiger partial charge in [0.25, 0.3) is 5.91 Å². The van der Waals surface area contributed by atoms with Gasteiger partial charge in [-0.15, -0.1) is 11.3 Å². The van der Waals surface area contributed by atoms with Crippen LogP contribution in [0, 0.1) is 19.7 Å². The molecular formula is C17H16FN3OS. The van der Waals surface area contributed by atoms with E-state index < -0.39 is 0 Å². The van der Waals surface area contributed by atoms with Crippen LogP contribution in [-0.4, -0.2) is 16.1 Å². The Morgan fingerprint density at radius 3 is 2.61 bits per heavy atom. The highest BCUT2D eigenvalue weighted by molar-refractivity contribution is 7.17. The zero-order valence-electron chi connectivity index (χ0n) is 12.8. The summed E-state index contributed by atoms with van der Waals surface area (Å²) in [5.74, 6) is -0.391. The predicted octanol–water partition coefficient (Wildman–Crippen LogP) is 3.82. The minimum atomic E-state index is -0.269. The van der Waals surface area contributed by atoms with E-state index in [9.17, 15) is 9.18 Å². The Labute approximate surface area is 137 Å². The van der Waals surface area contributed by atoms with Crippen molar-refractivity contribution in [2.45, 2.75) is 20.4 Å². The van der Waals surface area contributed by atoms with E-state index in [0.29, 0.717) is 11.4 Å². The second-order valence-electron chi connectivity index (χ2n) is 5.27. The number of nitrogens with one attached hydrogen (secondary N) is 2. The van der Waals surface area contributed by atoms with Gasteiger partial charge in [-0.3, -0.25) is 9.89 Å². The first kappa shape index (κ1) is 15.4. The standard InChI is InChI=1S/C17H16FN3OS/c1-10-14(11(2)21-20-10)9-19-17(22)16-8-7-15(23-16)12-3-5-13(18)6-4-12/h3-8H,9H2,1-2H3,(H,19,22)(H,20,21). The molecule has 0 radical (unpaired) electrons. The van der Waals surface area contributed by atoms with Crippen LogP contribution >= 0.6 is 11.3 Å². The van der Waals surface area contributed by atoms with Crippen molar-refractivity contribution in [2.75, 3.05) is 0 Å². The van der Waals surface area contributed by atoms with E-state index in [2.05, 4.69) is 15.5 Å². The molecule has 2 heterocycles. The van der Waals surface area contributed by atoms with Gasteiger partial charge in [0, 0.05) is 22.7 Å². The molecule has 2 aromatic heterocycles. The average molecular weight is 329 g/mol. The molecule has 0 saturated carbocycles. The van der Waals surface area contributed by atoms with Crippen LogP contribution in [0.25, 0.3) is 10.4 Å². The normalized spacial score (nSPS) is 10.7.